The molecule has 2 aromatic rings. The average molecular weight is 339 g/mol. The number of nitrogens with zero attached hydrogens (tertiary/aromatic N) is 1. The van der Waals surface area contributed by atoms with E-state index in [1.165, 1.54) is 18.4 Å². The number of aliphatic hydroxyl groups excluding tert-OH is 1. The SMILES string of the molecule is CCCOc1ccc([C@H](O)[C@H](CN2CCCC2)c2ccccc2)cc1. The molecule has 3 heteroatoms. The maximum absolute atomic E-state index is 11.1. The van der Waals surface area contributed by atoms with Crippen LogP contribution in [0.5, 0.6) is 5.75 Å². The summed E-state index contributed by atoms with van der Waals surface area (Å²) < 4.78 is 5.65. The molecule has 134 valence electrons. The van der Waals surface area contributed by atoms with E-state index in [-0.39, 0.29) is 5.92 Å². The number of likely N-dealkylation sites (tertiary alicyclic amines) is 1. The highest BCUT2D eigenvalue weighted by Crippen LogP contribution is 2.33. The maximum Gasteiger partial charge on any atom is 0.119 e. The van der Waals surface area contributed by atoms with E-state index in [1.54, 1.807) is 0 Å². The van der Waals surface area contributed by atoms with Crippen molar-refractivity contribution in [2.75, 3.05) is 26.2 Å². The maximum atomic E-state index is 11.1. The van der Waals surface area contributed by atoms with Gasteiger partial charge in [-0.25, -0.2) is 0 Å². The van der Waals surface area contributed by atoms with Crippen LogP contribution < -0.4 is 4.74 Å². The van der Waals surface area contributed by atoms with Crippen LogP contribution in [0.15, 0.2) is 54.6 Å². The van der Waals surface area contributed by atoms with Gasteiger partial charge in [-0.3, -0.25) is 0 Å². The molecule has 1 saturated heterocycles. The Morgan fingerprint density at radius 3 is 2.28 bits per heavy atom. The predicted octanol–water partition coefficient (Wildman–Crippen LogP) is 4.39. The first-order valence-corrected chi connectivity index (χ1v) is 9.46. The van der Waals surface area contributed by atoms with Crippen molar-refractivity contribution in [1.82, 2.24) is 4.90 Å². The van der Waals surface area contributed by atoms with Crippen molar-refractivity contribution >= 4 is 0 Å². The molecular weight excluding hydrogens is 310 g/mol. The summed E-state index contributed by atoms with van der Waals surface area (Å²) in [5.41, 5.74) is 2.16. The second-order valence-electron chi connectivity index (χ2n) is 6.89. The first kappa shape index (κ1) is 18.0. The molecule has 1 aliphatic heterocycles. The number of hydrogen-bond acceptors (Lipinski definition) is 3. The van der Waals surface area contributed by atoms with E-state index in [4.69, 9.17) is 4.74 Å². The minimum absolute atomic E-state index is 0.0849. The summed E-state index contributed by atoms with van der Waals surface area (Å²) in [7, 11) is 0. The van der Waals surface area contributed by atoms with Crippen LogP contribution in [0.2, 0.25) is 0 Å². The van der Waals surface area contributed by atoms with Gasteiger partial charge in [-0.15, -0.1) is 0 Å². The third-order valence-electron chi connectivity index (χ3n) is 4.96. The van der Waals surface area contributed by atoms with E-state index in [0.717, 1.165) is 44.0 Å². The van der Waals surface area contributed by atoms with Crippen molar-refractivity contribution in [3.8, 4) is 5.75 Å². The normalized spacial score (nSPS) is 17.4. The molecular formula is C22H29NO2. The van der Waals surface area contributed by atoms with E-state index >= 15 is 0 Å². The van der Waals surface area contributed by atoms with Gasteiger partial charge in [-0.05, 0) is 55.6 Å². The van der Waals surface area contributed by atoms with E-state index in [0.29, 0.717) is 0 Å². The summed E-state index contributed by atoms with van der Waals surface area (Å²) in [6, 6.07) is 18.3. The van der Waals surface area contributed by atoms with Gasteiger partial charge in [-0.2, -0.15) is 0 Å². The summed E-state index contributed by atoms with van der Waals surface area (Å²) in [6.45, 7) is 6.00. The Balaban J connectivity index is 1.76. The number of benzene rings is 2. The van der Waals surface area contributed by atoms with Crippen LogP contribution in [0.4, 0.5) is 0 Å². The first-order valence-electron chi connectivity index (χ1n) is 9.46. The molecule has 1 aliphatic rings. The van der Waals surface area contributed by atoms with Crippen molar-refractivity contribution < 1.29 is 9.84 Å². The van der Waals surface area contributed by atoms with Gasteiger partial charge in [-0.1, -0.05) is 49.4 Å². The van der Waals surface area contributed by atoms with E-state index in [1.807, 2.05) is 30.3 Å². The Morgan fingerprint density at radius 2 is 1.64 bits per heavy atom. The molecule has 1 N–H and O–H groups in total. The molecule has 2 atom stereocenters. The van der Waals surface area contributed by atoms with Gasteiger partial charge < -0.3 is 14.7 Å². The van der Waals surface area contributed by atoms with Crippen LogP contribution >= 0.6 is 0 Å². The summed E-state index contributed by atoms with van der Waals surface area (Å²) in [6.07, 6.45) is 3.02. The lowest BCUT2D eigenvalue weighted by Gasteiger charge is -2.28. The van der Waals surface area contributed by atoms with Crippen LogP contribution in [0.1, 0.15) is 49.3 Å². The molecule has 0 unspecified atom stereocenters. The molecule has 1 heterocycles. The number of ether oxygens (including phenoxy) is 1. The van der Waals surface area contributed by atoms with Crippen molar-refractivity contribution in [3.63, 3.8) is 0 Å². The predicted molar refractivity (Wildman–Crippen MR) is 102 cm³/mol. The van der Waals surface area contributed by atoms with Crippen molar-refractivity contribution in [2.45, 2.75) is 38.2 Å². The highest BCUT2D eigenvalue weighted by Gasteiger charge is 2.26. The lowest BCUT2D eigenvalue weighted by Crippen LogP contribution is -2.29. The average Bonchev–Trinajstić information content (AvgIpc) is 3.18. The summed E-state index contributed by atoms with van der Waals surface area (Å²) in [5, 5.41) is 11.1. The summed E-state index contributed by atoms with van der Waals surface area (Å²) >= 11 is 0. The van der Waals surface area contributed by atoms with Crippen molar-refractivity contribution in [2.24, 2.45) is 0 Å². The molecule has 0 radical (unpaired) electrons. The fourth-order valence-electron chi connectivity index (χ4n) is 3.54. The number of hydrogen-bond donors (Lipinski definition) is 1. The molecule has 3 nitrogen and oxygen atoms in total. The molecule has 0 amide bonds. The van der Waals surface area contributed by atoms with Crippen LogP contribution in [-0.2, 0) is 0 Å². The fraction of sp³-hybridized carbons (Fsp3) is 0.455. The zero-order valence-corrected chi connectivity index (χ0v) is 15.1. The van der Waals surface area contributed by atoms with Gasteiger partial charge >= 0.3 is 0 Å². The molecule has 2 aromatic carbocycles. The molecule has 0 spiro atoms. The van der Waals surface area contributed by atoms with Gasteiger partial charge in [0.15, 0.2) is 0 Å². The van der Waals surface area contributed by atoms with E-state index in [2.05, 4.69) is 36.1 Å². The molecule has 1 fully saturated rings. The third kappa shape index (κ3) is 4.83. The molecule has 0 bridgehead atoms. The minimum Gasteiger partial charge on any atom is -0.494 e. The molecule has 0 aliphatic carbocycles. The second-order valence-corrected chi connectivity index (χ2v) is 6.89. The Morgan fingerprint density at radius 1 is 0.960 bits per heavy atom. The van der Waals surface area contributed by atoms with E-state index < -0.39 is 6.10 Å². The second kappa shape index (κ2) is 9.02. The van der Waals surface area contributed by atoms with Crippen LogP contribution in [0.3, 0.4) is 0 Å². The minimum atomic E-state index is -0.511. The standard InChI is InChI=1S/C22H29NO2/c1-2-16-25-20-12-10-19(11-13-20)22(24)21(17-23-14-6-7-15-23)18-8-4-3-5-9-18/h3-5,8-13,21-22,24H,2,6-7,14-17H2,1H3/t21-,22+/m1/s1. The topological polar surface area (TPSA) is 32.7 Å². The first-order chi connectivity index (χ1) is 12.3. The molecule has 0 aromatic heterocycles. The monoisotopic (exact) mass is 339 g/mol. The van der Waals surface area contributed by atoms with Gasteiger partial charge in [0.1, 0.15) is 5.75 Å². The Kier molecular flexibility index (Phi) is 6.48. The summed E-state index contributed by atoms with van der Waals surface area (Å²) in [4.78, 5) is 2.47. The van der Waals surface area contributed by atoms with Crippen molar-refractivity contribution in [1.29, 1.82) is 0 Å². The Bertz CT molecular complexity index is 620. The Hall–Kier alpha value is -1.84. The lowest BCUT2D eigenvalue weighted by atomic mass is 9.88. The molecule has 25 heavy (non-hydrogen) atoms. The van der Waals surface area contributed by atoms with E-state index in [9.17, 15) is 5.11 Å². The van der Waals surface area contributed by atoms with Gasteiger partial charge in [0, 0.05) is 12.5 Å². The van der Waals surface area contributed by atoms with Gasteiger partial charge in [0.05, 0.1) is 12.7 Å². The number of rotatable bonds is 8. The zero-order valence-electron chi connectivity index (χ0n) is 15.1. The van der Waals surface area contributed by atoms with Gasteiger partial charge in [0.25, 0.3) is 0 Å². The van der Waals surface area contributed by atoms with Crippen LogP contribution in [-0.4, -0.2) is 36.2 Å². The Labute approximate surface area is 151 Å². The molecule has 3 rings (SSSR count). The smallest absolute Gasteiger partial charge is 0.119 e. The fourth-order valence-corrected chi connectivity index (χ4v) is 3.54. The largest absolute Gasteiger partial charge is 0.494 e. The number of aliphatic hydroxyl groups is 1. The highest BCUT2D eigenvalue weighted by molar-refractivity contribution is 5.32. The third-order valence-corrected chi connectivity index (χ3v) is 4.96. The van der Waals surface area contributed by atoms with Crippen LogP contribution in [0, 0.1) is 0 Å². The van der Waals surface area contributed by atoms with Crippen molar-refractivity contribution in [3.05, 3.63) is 65.7 Å². The quantitative estimate of drug-likeness (QED) is 0.774. The zero-order chi connectivity index (χ0) is 17.5. The summed E-state index contributed by atoms with van der Waals surface area (Å²) in [5.74, 6) is 0.954. The molecule has 0 saturated carbocycles. The van der Waals surface area contributed by atoms with Gasteiger partial charge in [0.2, 0.25) is 0 Å². The highest BCUT2D eigenvalue weighted by atomic mass is 16.5. The lowest BCUT2D eigenvalue weighted by molar-refractivity contribution is 0.123. The van der Waals surface area contributed by atoms with Crippen LogP contribution in [0.25, 0.3) is 0 Å².